The maximum atomic E-state index is 12.4. The van der Waals surface area contributed by atoms with Crippen LogP contribution in [-0.2, 0) is 27.4 Å². The maximum Gasteiger partial charge on any atom is 0.309 e. The second kappa shape index (κ2) is 9.94. The Balaban J connectivity index is 1.45. The van der Waals surface area contributed by atoms with Crippen LogP contribution in [0.4, 0.5) is 5.69 Å². The fourth-order valence-corrected chi connectivity index (χ4v) is 3.95. The number of aromatic nitrogens is 2. The van der Waals surface area contributed by atoms with Gasteiger partial charge >= 0.3 is 5.97 Å². The number of ether oxygens (including phenoxy) is 2. The number of esters is 1. The first-order valence-corrected chi connectivity index (χ1v) is 10.7. The summed E-state index contributed by atoms with van der Waals surface area (Å²) in [5.41, 5.74) is 0.835. The standard InChI is InChI=1S/C23H31N3O5/c1-23(2,3)16-11-9-15(10-12-16)22(28)30-14-21-25-19(26-31-21)13-20(27)24-17-7-5-6-8-18(17)29-4/h5-8,15-16H,9-14H2,1-4H3,(H,24,27). The van der Waals surface area contributed by atoms with E-state index >= 15 is 0 Å². The molecule has 1 amide bonds. The Kier molecular flexibility index (Phi) is 7.30. The lowest BCUT2D eigenvalue weighted by Gasteiger charge is -2.36. The van der Waals surface area contributed by atoms with Crippen molar-refractivity contribution in [3.05, 3.63) is 36.0 Å². The average molecular weight is 430 g/mol. The third kappa shape index (κ3) is 6.29. The number of hydrogen-bond acceptors (Lipinski definition) is 7. The monoisotopic (exact) mass is 429 g/mol. The Hall–Kier alpha value is -2.90. The van der Waals surface area contributed by atoms with Crippen molar-refractivity contribution in [3.8, 4) is 5.75 Å². The Morgan fingerprint density at radius 1 is 1.16 bits per heavy atom. The van der Waals surface area contributed by atoms with E-state index in [1.807, 2.05) is 6.07 Å². The number of carbonyl (C=O) groups is 2. The van der Waals surface area contributed by atoms with Gasteiger partial charge in [-0.3, -0.25) is 9.59 Å². The zero-order valence-electron chi connectivity index (χ0n) is 18.6. The van der Waals surface area contributed by atoms with E-state index in [-0.39, 0.29) is 48.0 Å². The minimum Gasteiger partial charge on any atom is -0.495 e. The summed E-state index contributed by atoms with van der Waals surface area (Å²) in [5.74, 6) is 1.00. The number of rotatable bonds is 7. The molecule has 1 N–H and O–H groups in total. The normalized spacial score (nSPS) is 19.0. The maximum absolute atomic E-state index is 12.4. The van der Waals surface area contributed by atoms with Crippen LogP contribution in [0.15, 0.2) is 28.8 Å². The van der Waals surface area contributed by atoms with Gasteiger partial charge < -0.3 is 19.3 Å². The van der Waals surface area contributed by atoms with Gasteiger partial charge in [-0.05, 0) is 49.1 Å². The molecule has 0 radical (unpaired) electrons. The predicted octanol–water partition coefficient (Wildman–Crippen LogP) is 4.16. The van der Waals surface area contributed by atoms with Crippen molar-refractivity contribution >= 4 is 17.6 Å². The number of nitrogens with one attached hydrogen (secondary N) is 1. The molecule has 168 valence electrons. The van der Waals surface area contributed by atoms with E-state index in [1.165, 1.54) is 7.11 Å². The molecule has 1 aromatic heterocycles. The summed E-state index contributed by atoms with van der Waals surface area (Å²) >= 11 is 0. The molecule has 0 unspecified atom stereocenters. The highest BCUT2D eigenvalue weighted by molar-refractivity contribution is 5.93. The molecule has 1 aliphatic carbocycles. The number of nitrogens with zero attached hydrogens (tertiary/aromatic N) is 2. The zero-order valence-corrected chi connectivity index (χ0v) is 18.6. The van der Waals surface area contributed by atoms with Gasteiger partial charge in [0.2, 0.25) is 5.91 Å². The molecule has 2 aromatic rings. The summed E-state index contributed by atoms with van der Waals surface area (Å²) in [7, 11) is 1.54. The largest absolute Gasteiger partial charge is 0.495 e. The van der Waals surface area contributed by atoms with Gasteiger partial charge in [0.05, 0.1) is 25.1 Å². The minimum absolute atomic E-state index is 0.0632. The highest BCUT2D eigenvalue weighted by Crippen LogP contribution is 2.40. The fourth-order valence-electron chi connectivity index (χ4n) is 3.95. The first kappa shape index (κ1) is 22.8. The van der Waals surface area contributed by atoms with E-state index in [2.05, 4.69) is 36.2 Å². The van der Waals surface area contributed by atoms with Crippen molar-refractivity contribution in [2.24, 2.45) is 17.3 Å². The number of methoxy groups -OCH3 is 1. The van der Waals surface area contributed by atoms with Gasteiger partial charge in [0.25, 0.3) is 5.89 Å². The van der Waals surface area contributed by atoms with Crippen LogP contribution in [0.3, 0.4) is 0 Å². The van der Waals surface area contributed by atoms with Crippen LogP contribution < -0.4 is 10.1 Å². The highest BCUT2D eigenvalue weighted by Gasteiger charge is 2.33. The van der Waals surface area contributed by atoms with E-state index in [0.717, 1.165) is 25.7 Å². The number of carbonyl (C=O) groups excluding carboxylic acids is 2. The van der Waals surface area contributed by atoms with Crippen LogP contribution >= 0.6 is 0 Å². The molecule has 3 rings (SSSR count). The summed E-state index contributed by atoms with van der Waals surface area (Å²) in [6.07, 6.45) is 3.70. The second-order valence-electron chi connectivity index (χ2n) is 9.05. The van der Waals surface area contributed by atoms with Gasteiger partial charge in [-0.1, -0.05) is 38.1 Å². The minimum atomic E-state index is -0.301. The van der Waals surface area contributed by atoms with E-state index in [9.17, 15) is 9.59 Å². The quantitative estimate of drug-likeness (QED) is 0.659. The van der Waals surface area contributed by atoms with Gasteiger partial charge in [0.1, 0.15) is 5.75 Å². The molecule has 0 atom stereocenters. The molecule has 8 heteroatoms. The van der Waals surface area contributed by atoms with Crippen LogP contribution in [0.2, 0.25) is 0 Å². The van der Waals surface area contributed by atoms with Gasteiger partial charge in [-0.2, -0.15) is 4.98 Å². The lowest BCUT2D eigenvalue weighted by Crippen LogP contribution is -2.29. The summed E-state index contributed by atoms with van der Waals surface area (Å²) in [5, 5.41) is 6.55. The Morgan fingerprint density at radius 2 is 1.87 bits per heavy atom. The Morgan fingerprint density at radius 3 is 2.55 bits per heavy atom. The number of benzene rings is 1. The van der Waals surface area contributed by atoms with Crippen molar-refractivity contribution in [2.45, 2.75) is 59.5 Å². The van der Waals surface area contributed by atoms with E-state index in [0.29, 0.717) is 17.4 Å². The summed E-state index contributed by atoms with van der Waals surface area (Å²) in [6.45, 7) is 6.67. The van der Waals surface area contributed by atoms with Crippen molar-refractivity contribution in [1.82, 2.24) is 10.1 Å². The van der Waals surface area contributed by atoms with Crippen LogP contribution in [0.5, 0.6) is 5.75 Å². The van der Waals surface area contributed by atoms with Crippen LogP contribution in [0.25, 0.3) is 0 Å². The first-order valence-electron chi connectivity index (χ1n) is 10.7. The Labute approximate surface area is 182 Å². The number of amides is 1. The molecule has 0 bridgehead atoms. The fraction of sp³-hybridized carbons (Fsp3) is 0.565. The van der Waals surface area contributed by atoms with Crippen LogP contribution in [-0.4, -0.2) is 29.1 Å². The van der Waals surface area contributed by atoms with Crippen molar-refractivity contribution in [3.63, 3.8) is 0 Å². The van der Waals surface area contributed by atoms with Crippen molar-refractivity contribution in [2.75, 3.05) is 12.4 Å². The van der Waals surface area contributed by atoms with E-state index < -0.39 is 0 Å². The first-order chi connectivity index (χ1) is 14.8. The smallest absolute Gasteiger partial charge is 0.309 e. The Bertz CT molecular complexity index is 895. The molecule has 31 heavy (non-hydrogen) atoms. The highest BCUT2D eigenvalue weighted by atomic mass is 16.6. The molecular formula is C23H31N3O5. The molecule has 1 aromatic carbocycles. The molecule has 0 saturated heterocycles. The summed E-state index contributed by atoms with van der Waals surface area (Å²) < 4.78 is 15.7. The van der Waals surface area contributed by atoms with Gasteiger partial charge in [-0.15, -0.1) is 0 Å². The molecule has 1 heterocycles. The third-order valence-electron chi connectivity index (χ3n) is 5.83. The van der Waals surface area contributed by atoms with E-state index in [4.69, 9.17) is 14.0 Å². The summed E-state index contributed by atoms with van der Waals surface area (Å²) in [4.78, 5) is 28.8. The van der Waals surface area contributed by atoms with Crippen LogP contribution in [0, 0.1) is 17.3 Å². The average Bonchev–Trinajstić information content (AvgIpc) is 3.19. The van der Waals surface area contributed by atoms with Gasteiger partial charge in [-0.25, -0.2) is 0 Å². The number of hydrogen-bond donors (Lipinski definition) is 1. The van der Waals surface area contributed by atoms with Crippen molar-refractivity contribution < 1.29 is 23.6 Å². The van der Waals surface area contributed by atoms with Crippen LogP contribution in [0.1, 0.15) is 58.2 Å². The summed E-state index contributed by atoms with van der Waals surface area (Å²) in [6, 6.07) is 7.12. The molecule has 1 aliphatic rings. The lowest BCUT2D eigenvalue weighted by molar-refractivity contribution is -0.152. The molecule has 1 fully saturated rings. The molecule has 0 aliphatic heterocycles. The number of anilines is 1. The second-order valence-corrected chi connectivity index (χ2v) is 9.05. The zero-order chi connectivity index (χ0) is 22.4. The molecule has 0 spiro atoms. The van der Waals surface area contributed by atoms with E-state index in [1.54, 1.807) is 18.2 Å². The molecule has 1 saturated carbocycles. The predicted molar refractivity (Wildman–Crippen MR) is 114 cm³/mol. The molecule has 8 nitrogen and oxygen atoms in total. The van der Waals surface area contributed by atoms with Gasteiger partial charge in [0, 0.05) is 0 Å². The topological polar surface area (TPSA) is 104 Å². The van der Waals surface area contributed by atoms with Crippen molar-refractivity contribution in [1.29, 1.82) is 0 Å². The lowest BCUT2D eigenvalue weighted by atomic mass is 9.70. The van der Waals surface area contributed by atoms with Gasteiger partial charge in [0.15, 0.2) is 12.4 Å². The number of para-hydroxylation sites is 2. The third-order valence-corrected chi connectivity index (χ3v) is 5.83. The SMILES string of the molecule is COc1ccccc1NC(=O)Cc1noc(COC(=O)C2CCC(C(C)(C)C)CC2)n1. The molecular weight excluding hydrogens is 398 g/mol.